The van der Waals surface area contributed by atoms with Gasteiger partial charge in [0, 0.05) is 36.8 Å². The van der Waals surface area contributed by atoms with Crippen LogP contribution in [0.5, 0.6) is 0 Å². The summed E-state index contributed by atoms with van der Waals surface area (Å²) in [6.07, 6.45) is 1.79. The van der Waals surface area contributed by atoms with E-state index in [1.54, 1.807) is 17.0 Å². The van der Waals surface area contributed by atoms with Crippen molar-refractivity contribution in [3.05, 3.63) is 71.8 Å². The number of nitrogens with one attached hydrogen (secondary N) is 1. The number of halogens is 2. The second-order valence-corrected chi connectivity index (χ2v) is 8.75. The zero-order valence-electron chi connectivity index (χ0n) is 18.7. The molecule has 2 aromatic carbocycles. The molecule has 3 heterocycles. The molecule has 5 nitrogen and oxygen atoms in total. The minimum atomic E-state index is -2.94. The zero-order chi connectivity index (χ0) is 23.2. The van der Waals surface area contributed by atoms with Crippen LogP contribution in [0.1, 0.15) is 31.4 Å². The molecule has 1 fully saturated rings. The number of aryl methyl sites for hydroxylation is 1. The van der Waals surface area contributed by atoms with E-state index < -0.39 is 5.92 Å². The number of pyridine rings is 1. The fourth-order valence-corrected chi connectivity index (χ4v) is 4.59. The molecule has 0 unspecified atom stereocenters. The normalized spacial score (nSPS) is 17.2. The van der Waals surface area contributed by atoms with Crippen molar-refractivity contribution in [1.29, 1.82) is 0 Å². The second kappa shape index (κ2) is 8.14. The Morgan fingerprint density at radius 2 is 1.94 bits per heavy atom. The lowest BCUT2D eigenvalue weighted by molar-refractivity contribution is 0.0175. The molecular weight excluding hydrogens is 422 g/mol. The van der Waals surface area contributed by atoms with Crippen LogP contribution in [0.25, 0.3) is 11.3 Å². The number of carbonyl (C=O) groups is 1. The summed E-state index contributed by atoms with van der Waals surface area (Å²) in [5.74, 6) is -2.37. The van der Waals surface area contributed by atoms with Gasteiger partial charge in [-0.1, -0.05) is 37.3 Å². The molecule has 2 amide bonds. The zero-order valence-corrected chi connectivity index (χ0v) is 18.7. The number of benzene rings is 2. The van der Waals surface area contributed by atoms with Crippen LogP contribution in [-0.2, 0) is 12.3 Å². The van der Waals surface area contributed by atoms with Gasteiger partial charge < -0.3 is 10.2 Å². The average molecular weight is 449 g/mol. The van der Waals surface area contributed by atoms with Crippen LogP contribution >= 0.6 is 0 Å². The Labute approximate surface area is 192 Å². The molecule has 7 heteroatoms. The lowest BCUT2D eigenvalue weighted by Gasteiger charge is -2.36. The summed E-state index contributed by atoms with van der Waals surface area (Å²) < 4.78 is 27.7. The fourth-order valence-electron chi connectivity index (χ4n) is 4.59. The summed E-state index contributed by atoms with van der Waals surface area (Å²) in [4.78, 5) is 22.1. The molecule has 2 bridgehead atoms. The van der Waals surface area contributed by atoms with Crippen molar-refractivity contribution in [1.82, 2.24) is 4.98 Å². The summed E-state index contributed by atoms with van der Waals surface area (Å²) in [5, 5.41) is 3.00. The standard InChI is InChI=1S/C26H26F2N4O/c1-3-17-7-9-20(10-8-17)29-25(33)32-21-13-14-31(16-21)23-12-11-22(30-24(23)32)18-5-4-6-19(15-18)26(2,27)28/h4-12,15,21H,3,13-14,16H2,1-2H3,(H,29,33)/t21-/m0/s1. The van der Waals surface area contributed by atoms with Crippen molar-refractivity contribution in [2.24, 2.45) is 0 Å². The SMILES string of the molecule is CCc1ccc(NC(=O)N2c3nc(-c4cccc(C(C)(F)F)c4)ccc3N3CC[C@H]2C3)cc1. The second-order valence-electron chi connectivity index (χ2n) is 8.75. The number of amides is 2. The molecule has 0 aliphatic carbocycles. The minimum absolute atomic E-state index is 0.0153. The Morgan fingerprint density at radius 1 is 1.15 bits per heavy atom. The summed E-state index contributed by atoms with van der Waals surface area (Å²) in [6, 6.07) is 17.6. The third-order valence-corrected chi connectivity index (χ3v) is 6.45. The number of aromatic nitrogens is 1. The van der Waals surface area contributed by atoms with E-state index in [4.69, 9.17) is 4.98 Å². The highest BCUT2D eigenvalue weighted by atomic mass is 19.3. The van der Waals surface area contributed by atoms with Crippen molar-refractivity contribution in [2.45, 2.75) is 38.7 Å². The Bertz CT molecular complexity index is 1190. The number of urea groups is 1. The molecule has 1 aromatic heterocycles. The van der Waals surface area contributed by atoms with E-state index in [0.29, 0.717) is 17.1 Å². The Balaban J connectivity index is 1.50. The first kappa shape index (κ1) is 21.4. The van der Waals surface area contributed by atoms with E-state index in [0.717, 1.165) is 44.2 Å². The number of hydrogen-bond donors (Lipinski definition) is 1. The fraction of sp³-hybridized carbons (Fsp3) is 0.308. The molecule has 2 aliphatic rings. The van der Waals surface area contributed by atoms with Crippen LogP contribution in [-0.4, -0.2) is 30.1 Å². The van der Waals surface area contributed by atoms with Gasteiger partial charge in [-0.25, -0.2) is 18.6 Å². The quantitative estimate of drug-likeness (QED) is 0.528. The van der Waals surface area contributed by atoms with E-state index in [1.807, 2.05) is 36.4 Å². The topological polar surface area (TPSA) is 48.5 Å². The molecule has 2 aliphatic heterocycles. The number of nitrogens with zero attached hydrogens (tertiary/aromatic N) is 3. The first-order valence-corrected chi connectivity index (χ1v) is 11.3. The molecule has 0 saturated carbocycles. The predicted octanol–water partition coefficient (Wildman–Crippen LogP) is 6.05. The number of rotatable bonds is 4. The first-order valence-electron chi connectivity index (χ1n) is 11.3. The summed E-state index contributed by atoms with van der Waals surface area (Å²) in [6.45, 7) is 4.58. The van der Waals surface area contributed by atoms with Gasteiger partial charge >= 0.3 is 6.03 Å². The number of fused-ring (bicyclic) bond motifs is 4. The first-order chi connectivity index (χ1) is 15.8. The third kappa shape index (κ3) is 4.03. The van der Waals surface area contributed by atoms with Gasteiger partial charge in [0.1, 0.15) is 0 Å². The summed E-state index contributed by atoms with van der Waals surface area (Å²) in [7, 11) is 0. The number of anilines is 3. The molecule has 170 valence electrons. The molecule has 1 saturated heterocycles. The highest BCUT2D eigenvalue weighted by molar-refractivity contribution is 6.04. The van der Waals surface area contributed by atoms with Crippen molar-refractivity contribution >= 4 is 23.2 Å². The number of carbonyl (C=O) groups excluding carboxylic acids is 1. The Hall–Kier alpha value is -3.48. The monoisotopic (exact) mass is 448 g/mol. The molecule has 5 rings (SSSR count). The van der Waals surface area contributed by atoms with Crippen molar-refractivity contribution in [3.63, 3.8) is 0 Å². The maximum atomic E-state index is 13.9. The van der Waals surface area contributed by atoms with Crippen LogP contribution in [0.15, 0.2) is 60.7 Å². The van der Waals surface area contributed by atoms with Crippen LogP contribution in [0.4, 0.5) is 30.8 Å². The maximum absolute atomic E-state index is 13.9. The third-order valence-electron chi connectivity index (χ3n) is 6.45. The van der Waals surface area contributed by atoms with Gasteiger partial charge in [-0.15, -0.1) is 0 Å². The van der Waals surface area contributed by atoms with E-state index >= 15 is 0 Å². The lowest BCUT2D eigenvalue weighted by Crippen LogP contribution is -2.48. The molecule has 1 atom stereocenters. The number of hydrogen-bond acceptors (Lipinski definition) is 3. The molecular formula is C26H26F2N4O. The van der Waals surface area contributed by atoms with Gasteiger partial charge in [0.25, 0.3) is 5.92 Å². The smallest absolute Gasteiger partial charge is 0.327 e. The summed E-state index contributed by atoms with van der Waals surface area (Å²) in [5.41, 5.74) is 3.92. The minimum Gasteiger partial charge on any atom is -0.366 e. The molecule has 33 heavy (non-hydrogen) atoms. The van der Waals surface area contributed by atoms with E-state index in [1.165, 1.54) is 17.7 Å². The van der Waals surface area contributed by atoms with E-state index in [-0.39, 0.29) is 17.6 Å². The van der Waals surface area contributed by atoms with Crippen LogP contribution in [0, 0.1) is 0 Å². The number of alkyl halides is 2. The maximum Gasteiger partial charge on any atom is 0.327 e. The van der Waals surface area contributed by atoms with Crippen molar-refractivity contribution in [3.8, 4) is 11.3 Å². The highest BCUT2D eigenvalue weighted by Crippen LogP contribution is 2.41. The molecule has 3 aromatic rings. The molecule has 0 spiro atoms. The van der Waals surface area contributed by atoms with Crippen LogP contribution in [0.2, 0.25) is 0 Å². The largest absolute Gasteiger partial charge is 0.366 e. The van der Waals surface area contributed by atoms with Crippen LogP contribution < -0.4 is 15.1 Å². The van der Waals surface area contributed by atoms with Gasteiger partial charge in [-0.3, -0.25) is 4.90 Å². The Morgan fingerprint density at radius 3 is 2.67 bits per heavy atom. The van der Waals surface area contributed by atoms with Gasteiger partial charge in [0.2, 0.25) is 0 Å². The average Bonchev–Trinajstić information content (AvgIpc) is 3.23. The molecule has 0 radical (unpaired) electrons. The summed E-state index contributed by atoms with van der Waals surface area (Å²) >= 11 is 0. The van der Waals surface area contributed by atoms with E-state index in [9.17, 15) is 13.6 Å². The predicted molar refractivity (Wildman–Crippen MR) is 127 cm³/mol. The van der Waals surface area contributed by atoms with Gasteiger partial charge in [0.15, 0.2) is 5.82 Å². The highest BCUT2D eigenvalue weighted by Gasteiger charge is 2.40. The Kier molecular flexibility index (Phi) is 5.27. The van der Waals surface area contributed by atoms with Gasteiger partial charge in [0.05, 0.1) is 17.4 Å². The van der Waals surface area contributed by atoms with E-state index in [2.05, 4.69) is 17.1 Å². The van der Waals surface area contributed by atoms with Gasteiger partial charge in [-0.2, -0.15) is 0 Å². The molecule has 1 N–H and O–H groups in total. The van der Waals surface area contributed by atoms with Gasteiger partial charge in [-0.05, 0) is 48.7 Å². The van der Waals surface area contributed by atoms with Crippen molar-refractivity contribution in [2.75, 3.05) is 28.2 Å². The lowest BCUT2D eigenvalue weighted by atomic mass is 10.0. The van der Waals surface area contributed by atoms with Crippen LogP contribution in [0.3, 0.4) is 0 Å². The van der Waals surface area contributed by atoms with Crippen molar-refractivity contribution < 1.29 is 13.6 Å².